The molecule has 2 aliphatic rings. The first-order chi connectivity index (χ1) is 18.6. The predicted molar refractivity (Wildman–Crippen MR) is 158 cm³/mol. The molecule has 39 heavy (non-hydrogen) atoms. The zero-order valence-corrected chi connectivity index (χ0v) is 24.1. The van der Waals surface area contributed by atoms with E-state index < -0.39 is 11.4 Å². The fraction of sp³-hybridized carbons (Fsp3) is 0.414. The molecule has 1 saturated heterocycles. The van der Waals surface area contributed by atoms with Gasteiger partial charge in [-0.2, -0.15) is 0 Å². The highest BCUT2D eigenvalue weighted by atomic mass is 35.5. The molecule has 0 radical (unpaired) electrons. The maximum Gasteiger partial charge on any atom is 0.152 e. The van der Waals surface area contributed by atoms with E-state index in [2.05, 4.69) is 43.9 Å². The van der Waals surface area contributed by atoms with Gasteiger partial charge in [0.15, 0.2) is 5.82 Å². The minimum Gasteiger partial charge on any atom is -0.598 e. The Kier molecular flexibility index (Phi) is 7.90. The molecule has 1 fully saturated rings. The second kappa shape index (κ2) is 11.1. The second-order valence-electron chi connectivity index (χ2n) is 11.3. The molecule has 1 aromatic carbocycles. The van der Waals surface area contributed by atoms with E-state index in [-0.39, 0.29) is 28.6 Å². The molecule has 5 rings (SSSR count). The Balaban J connectivity index is 1.34. The number of nitrogens with zero attached hydrogens (tertiary/aromatic N) is 4. The van der Waals surface area contributed by atoms with E-state index in [9.17, 15) is 9.66 Å². The molecule has 0 bridgehead atoms. The number of piperidine rings is 1. The molecule has 8 nitrogen and oxygen atoms in total. The number of nitrogen functional groups attached to an aromatic ring is 1. The van der Waals surface area contributed by atoms with Gasteiger partial charge >= 0.3 is 0 Å². The number of rotatable bonds is 6. The van der Waals surface area contributed by atoms with Gasteiger partial charge in [-0.15, -0.1) is 4.72 Å². The summed E-state index contributed by atoms with van der Waals surface area (Å²) < 4.78 is 16.3. The van der Waals surface area contributed by atoms with Gasteiger partial charge in [0.25, 0.3) is 0 Å². The van der Waals surface area contributed by atoms with Crippen molar-refractivity contribution in [3.05, 3.63) is 75.8 Å². The Labute approximate surface area is 238 Å². The third kappa shape index (κ3) is 5.64. The fourth-order valence-corrected chi connectivity index (χ4v) is 6.68. The van der Waals surface area contributed by atoms with E-state index in [1.807, 2.05) is 26.8 Å². The van der Waals surface area contributed by atoms with Crippen LogP contribution in [0.25, 0.3) is 12.2 Å². The molecule has 2 aromatic heterocycles. The molecule has 3 heterocycles. The van der Waals surface area contributed by atoms with Crippen LogP contribution < -0.4 is 15.4 Å². The average Bonchev–Trinajstić information content (AvgIpc) is 3.21. The van der Waals surface area contributed by atoms with Gasteiger partial charge in [-0.05, 0) is 68.9 Å². The summed E-state index contributed by atoms with van der Waals surface area (Å²) in [6, 6.07) is 10.3. The van der Waals surface area contributed by atoms with Crippen LogP contribution >= 0.6 is 11.6 Å². The molecule has 2 unspecified atom stereocenters. The van der Waals surface area contributed by atoms with Gasteiger partial charge in [0.2, 0.25) is 0 Å². The summed E-state index contributed by atoms with van der Waals surface area (Å²) >= 11 is 5.07. The molecular formula is C29H35ClN6O2S. The van der Waals surface area contributed by atoms with Crippen molar-refractivity contribution in [2.45, 2.75) is 57.4 Å². The summed E-state index contributed by atoms with van der Waals surface area (Å²) in [4.78, 5) is 15.5. The largest absolute Gasteiger partial charge is 0.598 e. The Morgan fingerprint density at radius 2 is 1.95 bits per heavy atom. The maximum absolute atomic E-state index is 13.2. The van der Waals surface area contributed by atoms with Crippen LogP contribution in [0.3, 0.4) is 0 Å². The topological polar surface area (TPSA) is 123 Å². The number of aliphatic hydroxyl groups excluding tert-OH is 1. The Hall–Kier alpha value is -2.69. The number of aliphatic hydroxyl groups is 1. The minimum atomic E-state index is -1.18. The van der Waals surface area contributed by atoms with Crippen molar-refractivity contribution in [3.63, 3.8) is 0 Å². The molecule has 1 spiro atoms. The van der Waals surface area contributed by atoms with Crippen molar-refractivity contribution in [1.82, 2.24) is 19.7 Å². The first-order valence-electron chi connectivity index (χ1n) is 13.2. The second-order valence-corrected chi connectivity index (χ2v) is 13.7. The summed E-state index contributed by atoms with van der Waals surface area (Å²) in [6.45, 7) is 7.34. The lowest BCUT2D eigenvalue weighted by molar-refractivity contribution is 0.175. The van der Waals surface area contributed by atoms with Crippen LogP contribution in [-0.2, 0) is 24.4 Å². The van der Waals surface area contributed by atoms with Crippen LogP contribution in [0.1, 0.15) is 67.7 Å². The molecule has 1 aliphatic heterocycles. The van der Waals surface area contributed by atoms with Gasteiger partial charge in [-0.1, -0.05) is 41.9 Å². The van der Waals surface area contributed by atoms with Crippen molar-refractivity contribution in [2.24, 2.45) is 5.41 Å². The molecule has 3 aromatic rings. The molecule has 4 N–H and O–H groups in total. The van der Waals surface area contributed by atoms with E-state index in [0.717, 1.165) is 37.9 Å². The molecule has 1 aliphatic carbocycles. The number of benzene rings is 1. The quantitative estimate of drug-likeness (QED) is 0.367. The molecule has 10 heteroatoms. The molecule has 0 saturated carbocycles. The average molecular weight is 567 g/mol. The van der Waals surface area contributed by atoms with Gasteiger partial charge < -0.3 is 20.3 Å². The minimum absolute atomic E-state index is 0.0256. The zero-order valence-electron chi connectivity index (χ0n) is 22.5. The SMILES string of the molecule is CC(C)(C)[S+]([O-])NC1c2ccccc2CC12CCN(c1ncc(/C=C/c3ccnc(N)c3Cl)nc1CO)CC2. The lowest BCUT2D eigenvalue weighted by atomic mass is 9.73. The first-order valence-corrected chi connectivity index (χ1v) is 14.7. The summed E-state index contributed by atoms with van der Waals surface area (Å²) in [5.41, 5.74) is 10.2. The third-order valence-electron chi connectivity index (χ3n) is 7.73. The van der Waals surface area contributed by atoms with E-state index in [4.69, 9.17) is 22.3 Å². The molecule has 0 amide bonds. The number of hydrogen-bond donors (Lipinski definition) is 3. The highest BCUT2D eigenvalue weighted by molar-refractivity contribution is 7.90. The number of halogens is 1. The van der Waals surface area contributed by atoms with E-state index in [1.54, 1.807) is 24.5 Å². The Bertz CT molecular complexity index is 1370. The molecule has 206 valence electrons. The van der Waals surface area contributed by atoms with Crippen molar-refractivity contribution < 1.29 is 9.66 Å². The Morgan fingerprint density at radius 3 is 2.67 bits per heavy atom. The van der Waals surface area contributed by atoms with Crippen LogP contribution in [0, 0.1) is 5.41 Å². The standard InChI is InChI=1S/C29H35ClN6O2S/c1-28(2,3)39(38)35-25-22-7-5-4-6-20(22)16-29(25)11-14-36(15-12-29)27-23(18-37)34-21(17-33-27)9-8-19-10-13-32-26(31)24(19)30/h4-10,13,17,25,35,37H,11-12,14-16,18H2,1-3H3,(H2,31,32)/b9-8+. The lowest BCUT2D eigenvalue weighted by Gasteiger charge is -2.44. The monoisotopic (exact) mass is 566 g/mol. The predicted octanol–water partition coefficient (Wildman–Crippen LogP) is 4.71. The fourth-order valence-electron chi connectivity index (χ4n) is 5.56. The van der Waals surface area contributed by atoms with Crippen LogP contribution in [-0.4, -0.2) is 42.4 Å². The van der Waals surface area contributed by atoms with Crippen molar-refractivity contribution in [1.29, 1.82) is 0 Å². The highest BCUT2D eigenvalue weighted by Crippen LogP contribution is 2.53. The third-order valence-corrected chi connectivity index (χ3v) is 9.71. The number of anilines is 2. The normalized spacial score (nSPS) is 19.5. The van der Waals surface area contributed by atoms with Crippen LogP contribution in [0.4, 0.5) is 11.6 Å². The van der Waals surface area contributed by atoms with Gasteiger partial charge in [-0.25, -0.2) is 15.0 Å². The summed E-state index contributed by atoms with van der Waals surface area (Å²) in [6.07, 6.45) is 9.69. The van der Waals surface area contributed by atoms with Gasteiger partial charge in [0.1, 0.15) is 16.3 Å². The van der Waals surface area contributed by atoms with Gasteiger partial charge in [0, 0.05) is 36.1 Å². The zero-order chi connectivity index (χ0) is 27.8. The lowest BCUT2D eigenvalue weighted by Crippen LogP contribution is -2.50. The smallest absolute Gasteiger partial charge is 0.152 e. The van der Waals surface area contributed by atoms with Crippen LogP contribution in [0.15, 0.2) is 42.7 Å². The van der Waals surface area contributed by atoms with Gasteiger partial charge in [0.05, 0.1) is 29.6 Å². The Morgan fingerprint density at radius 1 is 1.21 bits per heavy atom. The van der Waals surface area contributed by atoms with Crippen molar-refractivity contribution in [2.75, 3.05) is 23.7 Å². The molecule has 2 atom stereocenters. The van der Waals surface area contributed by atoms with Crippen LogP contribution in [0.5, 0.6) is 0 Å². The van der Waals surface area contributed by atoms with Crippen LogP contribution in [0.2, 0.25) is 5.02 Å². The summed E-state index contributed by atoms with van der Waals surface area (Å²) in [5, 5.41) is 10.5. The van der Waals surface area contributed by atoms with E-state index in [1.165, 1.54) is 11.1 Å². The summed E-state index contributed by atoms with van der Waals surface area (Å²) in [5.74, 6) is 0.973. The van der Waals surface area contributed by atoms with Gasteiger partial charge in [-0.3, -0.25) is 0 Å². The first kappa shape index (κ1) is 27.9. The maximum atomic E-state index is 13.2. The highest BCUT2D eigenvalue weighted by Gasteiger charge is 2.50. The number of nitrogens with one attached hydrogen (secondary N) is 1. The number of aromatic nitrogens is 3. The summed E-state index contributed by atoms with van der Waals surface area (Å²) in [7, 11) is 0. The van der Waals surface area contributed by atoms with Crippen molar-refractivity contribution >= 4 is 46.8 Å². The van der Waals surface area contributed by atoms with E-state index >= 15 is 0 Å². The van der Waals surface area contributed by atoms with Crippen molar-refractivity contribution in [3.8, 4) is 0 Å². The van der Waals surface area contributed by atoms with E-state index in [0.29, 0.717) is 22.2 Å². The number of fused-ring (bicyclic) bond motifs is 1. The number of hydrogen-bond acceptors (Lipinski definition) is 8. The number of pyridine rings is 1. The molecular weight excluding hydrogens is 532 g/mol. The number of nitrogens with two attached hydrogens (primary N) is 1.